The molecule has 0 amide bonds. The van der Waals surface area contributed by atoms with Gasteiger partial charge in [-0.2, -0.15) is 0 Å². The van der Waals surface area contributed by atoms with Crippen LogP contribution in [0.3, 0.4) is 0 Å². The summed E-state index contributed by atoms with van der Waals surface area (Å²) in [7, 11) is 0. The number of hydrogen-bond donors (Lipinski definition) is 0. The summed E-state index contributed by atoms with van der Waals surface area (Å²) in [5.41, 5.74) is 5.10. The van der Waals surface area contributed by atoms with Crippen molar-refractivity contribution in [3.63, 3.8) is 0 Å². The molecule has 0 aromatic heterocycles. The maximum atomic E-state index is 6.35. The van der Waals surface area contributed by atoms with Gasteiger partial charge < -0.3 is 4.90 Å². The largest absolute Gasteiger partial charge is 0.353 e. The number of halogens is 1. The van der Waals surface area contributed by atoms with Gasteiger partial charge >= 0.3 is 0 Å². The highest BCUT2D eigenvalue weighted by molar-refractivity contribution is 6.33. The maximum absolute atomic E-state index is 6.35. The topological polar surface area (TPSA) is 15.6 Å². The third-order valence-electron chi connectivity index (χ3n) is 4.59. The predicted molar refractivity (Wildman–Crippen MR) is 87.5 cm³/mol. The summed E-state index contributed by atoms with van der Waals surface area (Å²) in [6.45, 7) is 3.13. The molecule has 0 saturated carbocycles. The molecule has 2 aromatic carbocycles. The highest BCUT2D eigenvalue weighted by atomic mass is 35.5. The smallest absolute Gasteiger partial charge is 0.102 e. The van der Waals surface area contributed by atoms with Crippen molar-refractivity contribution < 1.29 is 0 Å². The maximum Gasteiger partial charge on any atom is 0.102 e. The number of para-hydroxylation sites is 1. The fraction of sp³-hybridized carbons (Fsp3) is 0.278. The molecule has 2 aliphatic rings. The highest BCUT2D eigenvalue weighted by Crippen LogP contribution is 2.40. The van der Waals surface area contributed by atoms with Crippen LogP contribution in [0.25, 0.3) is 0 Å². The van der Waals surface area contributed by atoms with Gasteiger partial charge in [-0.1, -0.05) is 48.0 Å². The molecule has 0 N–H and O–H groups in total. The van der Waals surface area contributed by atoms with Crippen LogP contribution in [0, 0.1) is 0 Å². The van der Waals surface area contributed by atoms with Gasteiger partial charge in [0.1, 0.15) is 5.84 Å². The minimum atomic E-state index is 0.374. The third-order valence-corrected chi connectivity index (χ3v) is 4.89. The average molecular weight is 297 g/mol. The molecule has 0 saturated heterocycles. The van der Waals surface area contributed by atoms with E-state index in [1.54, 1.807) is 0 Å². The summed E-state index contributed by atoms with van der Waals surface area (Å²) in [6, 6.07) is 15.3. The molecule has 4 rings (SSSR count). The number of aliphatic imine (C=N–C) groups is 1. The molecule has 0 bridgehead atoms. The van der Waals surface area contributed by atoms with Gasteiger partial charge in [0.05, 0.1) is 16.8 Å². The van der Waals surface area contributed by atoms with Gasteiger partial charge in [0.25, 0.3) is 0 Å². The summed E-state index contributed by atoms with van der Waals surface area (Å²) in [6.07, 6.45) is 2.05. The molecule has 0 aliphatic carbocycles. The standard InChI is InChI=1S/C18H17ClN2/c1-12-20-18-14(6-4-8-16(18)19)11-17-15-7-3-2-5-13(15)9-10-21(12)17/h2-8,17H,9-11H2,1H3. The van der Waals surface area contributed by atoms with Crippen molar-refractivity contribution in [1.82, 2.24) is 4.90 Å². The molecule has 2 aliphatic heterocycles. The Hall–Kier alpha value is -1.80. The Labute approximate surface area is 130 Å². The van der Waals surface area contributed by atoms with Crippen LogP contribution in [0.4, 0.5) is 5.69 Å². The molecule has 0 fully saturated rings. The second kappa shape index (κ2) is 4.88. The molecule has 1 atom stereocenters. The van der Waals surface area contributed by atoms with E-state index in [1.165, 1.54) is 16.7 Å². The van der Waals surface area contributed by atoms with E-state index < -0.39 is 0 Å². The Morgan fingerprint density at radius 1 is 1.10 bits per heavy atom. The number of fused-ring (bicyclic) bond motifs is 4. The lowest BCUT2D eigenvalue weighted by atomic mass is 9.89. The molecule has 0 radical (unpaired) electrons. The van der Waals surface area contributed by atoms with Gasteiger partial charge in [-0.05, 0) is 42.5 Å². The summed E-state index contributed by atoms with van der Waals surface area (Å²) >= 11 is 6.35. The minimum absolute atomic E-state index is 0.374. The van der Waals surface area contributed by atoms with E-state index in [0.717, 1.165) is 35.9 Å². The van der Waals surface area contributed by atoms with E-state index in [0.29, 0.717) is 6.04 Å². The Kier molecular flexibility index (Phi) is 3.00. The van der Waals surface area contributed by atoms with Gasteiger partial charge in [-0.15, -0.1) is 0 Å². The van der Waals surface area contributed by atoms with Gasteiger partial charge in [0.2, 0.25) is 0 Å². The molecule has 2 nitrogen and oxygen atoms in total. The van der Waals surface area contributed by atoms with Crippen molar-refractivity contribution in [3.8, 4) is 0 Å². The first-order chi connectivity index (χ1) is 10.2. The fourth-order valence-corrected chi connectivity index (χ4v) is 3.78. The van der Waals surface area contributed by atoms with Crippen LogP contribution >= 0.6 is 11.6 Å². The Bertz CT molecular complexity index is 736. The third kappa shape index (κ3) is 2.06. The first-order valence-electron chi connectivity index (χ1n) is 7.41. The zero-order valence-electron chi connectivity index (χ0n) is 12.0. The Morgan fingerprint density at radius 3 is 2.81 bits per heavy atom. The lowest BCUT2D eigenvalue weighted by molar-refractivity contribution is 0.298. The van der Waals surface area contributed by atoms with Crippen molar-refractivity contribution >= 4 is 23.1 Å². The highest BCUT2D eigenvalue weighted by Gasteiger charge is 2.31. The summed E-state index contributed by atoms with van der Waals surface area (Å²) in [5.74, 6) is 1.07. The van der Waals surface area contributed by atoms with Crippen molar-refractivity contribution in [2.45, 2.75) is 25.8 Å². The van der Waals surface area contributed by atoms with Gasteiger partial charge in [0.15, 0.2) is 0 Å². The predicted octanol–water partition coefficient (Wildman–Crippen LogP) is 4.55. The van der Waals surface area contributed by atoms with Gasteiger partial charge in [-0.25, -0.2) is 4.99 Å². The summed E-state index contributed by atoms with van der Waals surface area (Å²) in [5, 5.41) is 0.750. The zero-order chi connectivity index (χ0) is 14.4. The molecule has 1 unspecified atom stereocenters. The summed E-state index contributed by atoms with van der Waals surface area (Å²) < 4.78 is 0. The molecule has 3 heteroatoms. The summed E-state index contributed by atoms with van der Waals surface area (Å²) in [4.78, 5) is 7.24. The quantitative estimate of drug-likeness (QED) is 0.696. The lowest BCUT2D eigenvalue weighted by Crippen LogP contribution is -2.39. The minimum Gasteiger partial charge on any atom is -0.353 e. The van der Waals surface area contributed by atoms with Crippen LogP contribution in [-0.2, 0) is 12.8 Å². The second-order valence-electron chi connectivity index (χ2n) is 5.77. The molecule has 2 heterocycles. The lowest BCUT2D eigenvalue weighted by Gasteiger charge is -2.37. The molecular formula is C18H17ClN2. The van der Waals surface area contributed by atoms with E-state index in [2.05, 4.69) is 42.2 Å². The van der Waals surface area contributed by atoms with Crippen LogP contribution in [0.1, 0.15) is 29.7 Å². The number of nitrogens with zero attached hydrogens (tertiary/aromatic N) is 2. The fourth-order valence-electron chi connectivity index (χ4n) is 3.54. The number of amidine groups is 1. The number of benzene rings is 2. The first-order valence-corrected chi connectivity index (χ1v) is 7.79. The van der Waals surface area contributed by atoms with Crippen molar-refractivity contribution in [2.75, 3.05) is 6.54 Å². The van der Waals surface area contributed by atoms with Crippen LogP contribution in [-0.4, -0.2) is 17.3 Å². The first kappa shape index (κ1) is 12.9. The number of rotatable bonds is 0. The van der Waals surface area contributed by atoms with Crippen molar-refractivity contribution in [1.29, 1.82) is 0 Å². The van der Waals surface area contributed by atoms with E-state index in [-0.39, 0.29) is 0 Å². The molecule has 2 aromatic rings. The van der Waals surface area contributed by atoms with E-state index >= 15 is 0 Å². The van der Waals surface area contributed by atoms with Gasteiger partial charge in [-0.3, -0.25) is 0 Å². The second-order valence-corrected chi connectivity index (χ2v) is 6.18. The Morgan fingerprint density at radius 2 is 1.90 bits per heavy atom. The Balaban J connectivity index is 1.88. The molecule has 21 heavy (non-hydrogen) atoms. The van der Waals surface area contributed by atoms with Crippen LogP contribution in [0.5, 0.6) is 0 Å². The normalized spacial score (nSPS) is 20.0. The van der Waals surface area contributed by atoms with E-state index in [4.69, 9.17) is 16.6 Å². The van der Waals surface area contributed by atoms with Gasteiger partial charge in [0, 0.05) is 6.54 Å². The van der Waals surface area contributed by atoms with Crippen LogP contribution in [0.2, 0.25) is 5.02 Å². The van der Waals surface area contributed by atoms with E-state index in [9.17, 15) is 0 Å². The van der Waals surface area contributed by atoms with Crippen molar-refractivity contribution in [3.05, 3.63) is 64.2 Å². The SMILES string of the molecule is CC1=Nc2c(Cl)cccc2CC2c3ccccc3CCN12. The van der Waals surface area contributed by atoms with Crippen LogP contribution < -0.4 is 0 Å². The van der Waals surface area contributed by atoms with Crippen LogP contribution in [0.15, 0.2) is 47.5 Å². The molecule has 106 valence electrons. The molecule has 0 spiro atoms. The monoisotopic (exact) mass is 296 g/mol. The average Bonchev–Trinajstić information content (AvgIpc) is 2.65. The number of hydrogen-bond acceptors (Lipinski definition) is 2. The van der Waals surface area contributed by atoms with Crippen molar-refractivity contribution in [2.24, 2.45) is 4.99 Å². The zero-order valence-corrected chi connectivity index (χ0v) is 12.8. The van der Waals surface area contributed by atoms with E-state index in [1.807, 2.05) is 12.1 Å². The molecular weight excluding hydrogens is 280 g/mol.